The second kappa shape index (κ2) is 16.4. The largest absolute Gasteiger partial charge is 0.492 e. The number of benzene rings is 4. The van der Waals surface area contributed by atoms with Crippen LogP contribution in [0.3, 0.4) is 0 Å². The van der Waals surface area contributed by atoms with Crippen molar-refractivity contribution in [3.8, 4) is 11.5 Å². The summed E-state index contributed by atoms with van der Waals surface area (Å²) in [4.78, 5) is 49.5. The van der Waals surface area contributed by atoms with Crippen LogP contribution >= 0.6 is 0 Å². The maximum Gasteiger partial charge on any atom is 0.329 e. The molecule has 9 heteroatoms. The van der Waals surface area contributed by atoms with Gasteiger partial charge < -0.3 is 19.2 Å². The number of rotatable bonds is 13. The highest BCUT2D eigenvalue weighted by molar-refractivity contribution is 5.94. The summed E-state index contributed by atoms with van der Waals surface area (Å²) in [5.74, 6) is -0.0241. The van der Waals surface area contributed by atoms with E-state index in [4.69, 9.17) is 14.3 Å². The quantitative estimate of drug-likeness (QED) is 0.137. The standard InChI is InChI=1S/C38H35N3O6/c1-29(42)47-41(27-31-14-18-36(19-15-31)46-28-32-11-6-3-7-12-32)38(44)33-16-20-35(21-17-33)45-24-23-40(26-30-9-4-2-5-10-30)37(43)34-13-8-22-39-25-34/h2-22,25H,23-24,26-28H2,1H3. The summed E-state index contributed by atoms with van der Waals surface area (Å²) in [6, 6.07) is 36.9. The van der Waals surface area contributed by atoms with Crippen molar-refractivity contribution >= 4 is 17.8 Å². The van der Waals surface area contributed by atoms with Crippen molar-refractivity contribution in [1.82, 2.24) is 14.9 Å². The molecule has 0 aliphatic heterocycles. The molecule has 0 atom stereocenters. The highest BCUT2D eigenvalue weighted by Crippen LogP contribution is 2.19. The third-order valence-electron chi connectivity index (χ3n) is 7.11. The Kier molecular flexibility index (Phi) is 11.3. The third kappa shape index (κ3) is 9.76. The SMILES string of the molecule is CC(=O)ON(Cc1ccc(OCc2ccccc2)cc1)C(=O)c1ccc(OCCN(Cc2ccccc2)C(=O)c2cccnc2)cc1. The van der Waals surface area contributed by atoms with E-state index in [1.54, 1.807) is 53.7 Å². The number of nitrogens with zero attached hydrogens (tertiary/aromatic N) is 3. The molecule has 5 rings (SSSR count). The summed E-state index contributed by atoms with van der Waals surface area (Å²) in [5, 5.41) is 1.03. The molecule has 1 aromatic heterocycles. The van der Waals surface area contributed by atoms with Gasteiger partial charge in [-0.1, -0.05) is 72.8 Å². The minimum absolute atomic E-state index is 0.0534. The fraction of sp³-hybridized carbons (Fsp3) is 0.158. The lowest BCUT2D eigenvalue weighted by Crippen LogP contribution is -2.34. The van der Waals surface area contributed by atoms with E-state index < -0.39 is 11.9 Å². The Bertz CT molecular complexity index is 1730. The van der Waals surface area contributed by atoms with Crippen molar-refractivity contribution < 1.29 is 28.7 Å². The minimum atomic E-state index is -0.609. The molecule has 0 saturated carbocycles. The third-order valence-corrected chi connectivity index (χ3v) is 7.11. The number of carbonyl (C=O) groups excluding carboxylic acids is 3. The van der Waals surface area contributed by atoms with E-state index in [0.717, 1.165) is 21.8 Å². The molecular formula is C38H35N3O6. The minimum Gasteiger partial charge on any atom is -0.492 e. The van der Waals surface area contributed by atoms with Crippen LogP contribution < -0.4 is 9.47 Å². The Morgan fingerprint density at radius 1 is 0.617 bits per heavy atom. The van der Waals surface area contributed by atoms with Gasteiger partial charge in [-0.05, 0) is 65.2 Å². The normalized spacial score (nSPS) is 10.5. The molecular weight excluding hydrogens is 594 g/mol. The summed E-state index contributed by atoms with van der Waals surface area (Å²) in [5.41, 5.74) is 3.63. The van der Waals surface area contributed by atoms with Crippen LogP contribution in [0.4, 0.5) is 0 Å². The molecule has 5 aromatic rings. The van der Waals surface area contributed by atoms with E-state index in [9.17, 15) is 14.4 Å². The maximum atomic E-state index is 13.3. The number of carbonyl (C=O) groups is 3. The second-order valence-electron chi connectivity index (χ2n) is 10.7. The van der Waals surface area contributed by atoms with Crippen molar-refractivity contribution in [1.29, 1.82) is 0 Å². The van der Waals surface area contributed by atoms with Gasteiger partial charge in [0.2, 0.25) is 0 Å². The fourth-order valence-corrected chi connectivity index (χ4v) is 4.74. The highest BCUT2D eigenvalue weighted by atomic mass is 16.7. The average molecular weight is 630 g/mol. The maximum absolute atomic E-state index is 13.3. The molecule has 9 nitrogen and oxygen atoms in total. The molecule has 0 fully saturated rings. The molecule has 0 aliphatic carbocycles. The molecule has 0 saturated heterocycles. The van der Waals surface area contributed by atoms with Gasteiger partial charge >= 0.3 is 5.97 Å². The number of amides is 2. The molecule has 0 N–H and O–H groups in total. The lowest BCUT2D eigenvalue weighted by Gasteiger charge is -2.23. The van der Waals surface area contributed by atoms with Gasteiger partial charge in [-0.25, -0.2) is 0 Å². The van der Waals surface area contributed by atoms with E-state index in [-0.39, 0.29) is 19.1 Å². The Hall–Kier alpha value is -5.96. The second-order valence-corrected chi connectivity index (χ2v) is 10.7. The zero-order valence-corrected chi connectivity index (χ0v) is 26.0. The zero-order valence-electron chi connectivity index (χ0n) is 26.0. The van der Waals surface area contributed by atoms with Crippen LogP contribution in [0.5, 0.6) is 11.5 Å². The van der Waals surface area contributed by atoms with Crippen LogP contribution in [0, 0.1) is 0 Å². The van der Waals surface area contributed by atoms with Crippen molar-refractivity contribution in [2.24, 2.45) is 0 Å². The van der Waals surface area contributed by atoms with Crippen LogP contribution in [0.1, 0.15) is 44.3 Å². The van der Waals surface area contributed by atoms with Crippen LogP contribution in [-0.2, 0) is 29.3 Å². The molecule has 0 spiro atoms. The number of hydrogen-bond acceptors (Lipinski definition) is 7. The van der Waals surface area contributed by atoms with Crippen LogP contribution in [0.2, 0.25) is 0 Å². The molecule has 4 aromatic carbocycles. The topological polar surface area (TPSA) is 98.3 Å². The van der Waals surface area contributed by atoms with Gasteiger partial charge in [-0.3, -0.25) is 19.4 Å². The Morgan fingerprint density at radius 3 is 1.87 bits per heavy atom. The van der Waals surface area contributed by atoms with Crippen molar-refractivity contribution in [3.05, 3.63) is 162 Å². The summed E-state index contributed by atoms with van der Waals surface area (Å²) >= 11 is 0. The average Bonchev–Trinajstić information content (AvgIpc) is 3.11. The zero-order chi connectivity index (χ0) is 32.8. The smallest absolute Gasteiger partial charge is 0.329 e. The van der Waals surface area contributed by atoms with Crippen molar-refractivity contribution in [2.75, 3.05) is 13.2 Å². The molecule has 0 unspecified atom stereocenters. The molecule has 0 aliphatic rings. The summed E-state index contributed by atoms with van der Waals surface area (Å²) in [6.45, 7) is 2.72. The van der Waals surface area contributed by atoms with Crippen LogP contribution in [0.25, 0.3) is 0 Å². The summed E-state index contributed by atoms with van der Waals surface area (Å²) < 4.78 is 11.8. The van der Waals surface area contributed by atoms with Gasteiger partial charge in [0.1, 0.15) is 24.7 Å². The molecule has 1 heterocycles. The van der Waals surface area contributed by atoms with Gasteiger partial charge in [-0.2, -0.15) is 5.06 Å². The molecule has 238 valence electrons. The Morgan fingerprint density at radius 2 is 1.23 bits per heavy atom. The number of pyridine rings is 1. The first-order valence-electron chi connectivity index (χ1n) is 15.2. The number of hydroxylamine groups is 2. The van der Waals surface area contributed by atoms with E-state index in [0.29, 0.717) is 42.3 Å². The van der Waals surface area contributed by atoms with Crippen molar-refractivity contribution in [2.45, 2.75) is 26.6 Å². The van der Waals surface area contributed by atoms with E-state index in [1.165, 1.54) is 6.92 Å². The fourth-order valence-electron chi connectivity index (χ4n) is 4.74. The monoisotopic (exact) mass is 629 g/mol. The Labute approximate surface area is 273 Å². The number of ether oxygens (including phenoxy) is 2. The van der Waals surface area contributed by atoms with Gasteiger partial charge in [0, 0.05) is 31.4 Å². The lowest BCUT2D eigenvalue weighted by molar-refractivity contribution is -0.177. The van der Waals surface area contributed by atoms with Gasteiger partial charge in [-0.15, -0.1) is 0 Å². The number of aromatic nitrogens is 1. The molecule has 0 radical (unpaired) electrons. The number of hydrogen-bond donors (Lipinski definition) is 0. The highest BCUT2D eigenvalue weighted by Gasteiger charge is 2.20. The van der Waals surface area contributed by atoms with Crippen LogP contribution in [-0.4, -0.2) is 45.9 Å². The predicted molar refractivity (Wildman–Crippen MR) is 176 cm³/mol. The molecule has 2 amide bonds. The van der Waals surface area contributed by atoms with E-state index in [1.807, 2.05) is 84.9 Å². The Balaban J connectivity index is 1.17. The van der Waals surface area contributed by atoms with Gasteiger partial charge in [0.25, 0.3) is 11.8 Å². The summed E-state index contributed by atoms with van der Waals surface area (Å²) in [7, 11) is 0. The molecule has 47 heavy (non-hydrogen) atoms. The van der Waals surface area contributed by atoms with Crippen LogP contribution in [0.15, 0.2) is 134 Å². The first-order chi connectivity index (χ1) is 22.9. The van der Waals surface area contributed by atoms with Crippen molar-refractivity contribution in [3.63, 3.8) is 0 Å². The summed E-state index contributed by atoms with van der Waals surface area (Å²) in [6.07, 6.45) is 3.18. The van der Waals surface area contributed by atoms with Gasteiger partial charge in [0.05, 0.1) is 18.7 Å². The lowest BCUT2D eigenvalue weighted by atomic mass is 10.1. The first-order valence-corrected chi connectivity index (χ1v) is 15.2. The van der Waals surface area contributed by atoms with E-state index in [2.05, 4.69) is 4.98 Å². The van der Waals surface area contributed by atoms with Gasteiger partial charge in [0.15, 0.2) is 0 Å². The van der Waals surface area contributed by atoms with E-state index >= 15 is 0 Å². The first kappa shape index (κ1) is 32.4. The molecule has 0 bridgehead atoms. The predicted octanol–water partition coefficient (Wildman–Crippen LogP) is 6.50.